The lowest BCUT2D eigenvalue weighted by atomic mass is 9.98. The molecule has 1 saturated heterocycles. The number of ketones is 1. The summed E-state index contributed by atoms with van der Waals surface area (Å²) >= 11 is 0. The molecule has 1 unspecified atom stereocenters. The van der Waals surface area contributed by atoms with Crippen molar-refractivity contribution in [2.75, 3.05) is 20.2 Å². The van der Waals surface area contributed by atoms with Gasteiger partial charge in [-0.25, -0.2) is 8.42 Å². The van der Waals surface area contributed by atoms with Crippen LogP contribution in [0.5, 0.6) is 0 Å². The van der Waals surface area contributed by atoms with E-state index in [0.717, 1.165) is 5.56 Å². The van der Waals surface area contributed by atoms with Crippen LogP contribution in [0.4, 0.5) is 0 Å². The lowest BCUT2D eigenvalue weighted by molar-refractivity contribution is -0.150. The monoisotopic (exact) mass is 311 g/mol. The fourth-order valence-corrected chi connectivity index (χ4v) is 3.69. The molecule has 1 atom stereocenters. The Morgan fingerprint density at radius 2 is 1.90 bits per heavy atom. The Morgan fingerprint density at radius 1 is 1.29 bits per heavy atom. The van der Waals surface area contributed by atoms with Crippen molar-refractivity contribution in [3.63, 3.8) is 0 Å². The van der Waals surface area contributed by atoms with E-state index in [4.69, 9.17) is 0 Å². The van der Waals surface area contributed by atoms with Crippen LogP contribution in [0.1, 0.15) is 12.0 Å². The van der Waals surface area contributed by atoms with Crippen LogP contribution in [0.2, 0.25) is 0 Å². The largest absolute Gasteiger partial charge is 0.468 e. The van der Waals surface area contributed by atoms with Crippen molar-refractivity contribution in [1.29, 1.82) is 0 Å². The number of carbonyl (C=O) groups excluding carboxylic acids is 2. The number of nitrogens with zero attached hydrogens (tertiary/aromatic N) is 1. The number of esters is 1. The van der Waals surface area contributed by atoms with E-state index in [1.54, 1.807) is 12.1 Å². The van der Waals surface area contributed by atoms with E-state index < -0.39 is 21.9 Å². The first-order valence-electron chi connectivity index (χ1n) is 6.53. The molecule has 0 aliphatic carbocycles. The molecule has 1 fully saturated rings. The Kier molecular flexibility index (Phi) is 4.43. The van der Waals surface area contributed by atoms with E-state index in [2.05, 4.69) is 4.74 Å². The number of piperidine rings is 1. The van der Waals surface area contributed by atoms with E-state index in [9.17, 15) is 18.0 Å². The quantitative estimate of drug-likeness (QED) is 0.608. The van der Waals surface area contributed by atoms with Gasteiger partial charge in [0, 0.05) is 19.5 Å². The maximum Gasteiger partial charge on any atom is 0.317 e. The molecule has 1 heterocycles. The SMILES string of the molecule is COC(=O)C1CN(S(=O)(=O)c2ccc(C)cc2)CCC1=O. The van der Waals surface area contributed by atoms with Crippen molar-refractivity contribution in [3.05, 3.63) is 29.8 Å². The minimum atomic E-state index is -3.70. The number of methoxy groups -OCH3 is 1. The zero-order valence-corrected chi connectivity index (χ0v) is 12.7. The zero-order chi connectivity index (χ0) is 15.6. The number of ether oxygens (including phenoxy) is 1. The maximum atomic E-state index is 12.5. The van der Waals surface area contributed by atoms with Crippen LogP contribution in [-0.2, 0) is 24.3 Å². The van der Waals surface area contributed by atoms with E-state index in [1.165, 1.54) is 23.5 Å². The summed E-state index contributed by atoms with van der Waals surface area (Å²) in [6.45, 7) is 1.79. The summed E-state index contributed by atoms with van der Waals surface area (Å²) in [5, 5.41) is 0. The summed E-state index contributed by atoms with van der Waals surface area (Å²) in [5.74, 6) is -2.01. The molecule has 21 heavy (non-hydrogen) atoms. The van der Waals surface area contributed by atoms with Gasteiger partial charge in [-0.1, -0.05) is 17.7 Å². The Bertz CT molecular complexity index is 642. The van der Waals surface area contributed by atoms with Crippen LogP contribution in [0, 0.1) is 12.8 Å². The highest BCUT2D eigenvalue weighted by Gasteiger charge is 2.38. The van der Waals surface area contributed by atoms with Crippen LogP contribution in [0.3, 0.4) is 0 Å². The van der Waals surface area contributed by atoms with Crippen molar-refractivity contribution in [2.45, 2.75) is 18.2 Å². The van der Waals surface area contributed by atoms with Crippen LogP contribution >= 0.6 is 0 Å². The highest BCUT2D eigenvalue weighted by atomic mass is 32.2. The summed E-state index contributed by atoms with van der Waals surface area (Å²) in [5.41, 5.74) is 0.954. The molecule has 114 valence electrons. The molecule has 2 rings (SSSR count). The minimum absolute atomic E-state index is 0.0187. The standard InChI is InChI=1S/C14H17NO5S/c1-10-3-5-11(6-4-10)21(18,19)15-8-7-13(16)12(9-15)14(17)20-2/h3-6,12H,7-9H2,1-2H3. The average molecular weight is 311 g/mol. The summed E-state index contributed by atoms with van der Waals surface area (Å²) in [4.78, 5) is 23.5. The van der Waals surface area contributed by atoms with Gasteiger partial charge in [0.2, 0.25) is 10.0 Å². The molecule has 1 aliphatic rings. The molecule has 0 amide bonds. The van der Waals surface area contributed by atoms with Gasteiger partial charge in [0.25, 0.3) is 0 Å². The number of hydrogen-bond donors (Lipinski definition) is 0. The predicted octanol–water partition coefficient (Wildman–Crippen LogP) is 0.748. The molecule has 0 bridgehead atoms. The Hall–Kier alpha value is -1.73. The molecular weight excluding hydrogens is 294 g/mol. The molecule has 0 radical (unpaired) electrons. The first kappa shape index (κ1) is 15.7. The number of sulfonamides is 1. The molecule has 1 aliphatic heterocycles. The van der Waals surface area contributed by atoms with E-state index in [0.29, 0.717) is 0 Å². The number of Topliss-reactive ketones (excluding diaryl/α,β-unsaturated/α-hetero) is 1. The van der Waals surface area contributed by atoms with Crippen LogP contribution in [-0.4, -0.2) is 44.7 Å². The number of benzene rings is 1. The van der Waals surface area contributed by atoms with Crippen LogP contribution in [0.15, 0.2) is 29.2 Å². The molecule has 0 aromatic heterocycles. The second kappa shape index (κ2) is 5.95. The molecule has 1 aromatic carbocycles. The molecule has 0 spiro atoms. The van der Waals surface area contributed by atoms with Crippen LogP contribution in [0.25, 0.3) is 0 Å². The predicted molar refractivity (Wildman–Crippen MR) is 75.1 cm³/mol. The van der Waals surface area contributed by atoms with Gasteiger partial charge in [-0.15, -0.1) is 0 Å². The molecule has 7 heteroatoms. The van der Waals surface area contributed by atoms with Crippen molar-refractivity contribution in [2.24, 2.45) is 5.92 Å². The summed E-state index contributed by atoms with van der Waals surface area (Å²) < 4.78 is 30.8. The molecule has 0 N–H and O–H groups in total. The number of rotatable bonds is 3. The van der Waals surface area contributed by atoms with Gasteiger partial charge in [-0.3, -0.25) is 9.59 Å². The van der Waals surface area contributed by atoms with Gasteiger partial charge < -0.3 is 4.74 Å². The Morgan fingerprint density at radius 3 is 2.48 bits per heavy atom. The van der Waals surface area contributed by atoms with Crippen LogP contribution < -0.4 is 0 Å². The van der Waals surface area contributed by atoms with Crippen molar-refractivity contribution < 1.29 is 22.7 Å². The zero-order valence-electron chi connectivity index (χ0n) is 11.9. The third kappa shape index (κ3) is 3.14. The number of hydrogen-bond acceptors (Lipinski definition) is 5. The van der Waals surface area contributed by atoms with E-state index in [1.807, 2.05) is 6.92 Å². The smallest absolute Gasteiger partial charge is 0.317 e. The fraction of sp³-hybridized carbons (Fsp3) is 0.429. The second-order valence-electron chi connectivity index (χ2n) is 4.97. The van der Waals surface area contributed by atoms with Gasteiger partial charge in [0.05, 0.1) is 12.0 Å². The third-order valence-corrected chi connectivity index (χ3v) is 5.41. The van der Waals surface area contributed by atoms with Crippen molar-refractivity contribution >= 4 is 21.8 Å². The second-order valence-corrected chi connectivity index (χ2v) is 6.91. The number of carbonyl (C=O) groups is 2. The highest BCUT2D eigenvalue weighted by Crippen LogP contribution is 2.23. The van der Waals surface area contributed by atoms with E-state index >= 15 is 0 Å². The van der Waals surface area contributed by atoms with Gasteiger partial charge in [-0.05, 0) is 19.1 Å². The highest BCUT2D eigenvalue weighted by molar-refractivity contribution is 7.89. The summed E-state index contributed by atoms with van der Waals surface area (Å²) in [6, 6.07) is 6.46. The van der Waals surface area contributed by atoms with Gasteiger partial charge in [0.15, 0.2) is 0 Å². The average Bonchev–Trinajstić information content (AvgIpc) is 2.47. The number of aryl methyl sites for hydroxylation is 1. The Balaban J connectivity index is 2.26. The molecule has 1 aromatic rings. The lowest BCUT2D eigenvalue weighted by Crippen LogP contribution is -2.47. The molecular formula is C14H17NO5S. The molecule has 6 nitrogen and oxygen atoms in total. The van der Waals surface area contributed by atoms with Crippen molar-refractivity contribution in [1.82, 2.24) is 4.31 Å². The third-order valence-electron chi connectivity index (χ3n) is 3.53. The maximum absolute atomic E-state index is 12.5. The van der Waals surface area contributed by atoms with Gasteiger partial charge in [-0.2, -0.15) is 4.31 Å². The lowest BCUT2D eigenvalue weighted by Gasteiger charge is -2.29. The normalized spacial score (nSPS) is 20.3. The van der Waals surface area contributed by atoms with E-state index in [-0.39, 0.29) is 30.2 Å². The Labute approximate surface area is 123 Å². The van der Waals surface area contributed by atoms with Gasteiger partial charge in [0.1, 0.15) is 11.7 Å². The summed E-state index contributed by atoms with van der Waals surface area (Å²) in [7, 11) is -2.52. The topological polar surface area (TPSA) is 80.8 Å². The minimum Gasteiger partial charge on any atom is -0.468 e. The fourth-order valence-electron chi connectivity index (χ4n) is 2.23. The first-order chi connectivity index (χ1) is 9.86. The van der Waals surface area contributed by atoms with Crippen molar-refractivity contribution in [3.8, 4) is 0 Å². The molecule has 0 saturated carbocycles. The summed E-state index contributed by atoms with van der Waals surface area (Å²) in [6.07, 6.45) is 0.0187. The van der Waals surface area contributed by atoms with Gasteiger partial charge >= 0.3 is 5.97 Å². The first-order valence-corrected chi connectivity index (χ1v) is 7.97.